The molecule has 16 heavy (non-hydrogen) atoms. The molecule has 0 aliphatic carbocycles. The Balaban J connectivity index is 3.02. The molecular formula is C6H7Cl3N3O3P. The molecule has 1 atom stereocenters. The van der Waals surface area contributed by atoms with Crippen LogP contribution in [0.1, 0.15) is 0 Å². The summed E-state index contributed by atoms with van der Waals surface area (Å²) in [6.45, 7) is 0. The van der Waals surface area contributed by atoms with Gasteiger partial charge in [0.1, 0.15) is 5.82 Å². The Bertz CT molecular complexity index is 450. The molecule has 90 valence electrons. The first kappa shape index (κ1) is 13.7. The van der Waals surface area contributed by atoms with Gasteiger partial charge in [-0.25, -0.2) is 9.55 Å². The number of nitrogens with two attached hydrogens (primary N) is 2. The molecule has 0 aliphatic rings. The molecule has 0 saturated carbocycles. The topological polar surface area (TPSA) is 111 Å². The van der Waals surface area contributed by atoms with Crippen LogP contribution >= 0.6 is 42.4 Å². The Hall–Kier alpha value is -0.390. The van der Waals surface area contributed by atoms with Gasteiger partial charge < -0.3 is 20.9 Å². The Morgan fingerprint density at radius 1 is 1.38 bits per heavy atom. The Morgan fingerprint density at radius 2 is 1.94 bits per heavy atom. The largest absolute Gasteiger partial charge is 0.428 e. The van der Waals surface area contributed by atoms with Crippen molar-refractivity contribution in [3.8, 4) is 5.75 Å². The summed E-state index contributed by atoms with van der Waals surface area (Å²) in [6.07, 6.45) is 0. The molecule has 0 amide bonds. The molecule has 6 nitrogen and oxygen atoms in total. The van der Waals surface area contributed by atoms with E-state index >= 15 is 0 Å². The first-order valence-electron chi connectivity index (χ1n) is 3.75. The summed E-state index contributed by atoms with van der Waals surface area (Å²) >= 11 is 15.8. The number of nitrogen functional groups attached to an aromatic ring is 2. The van der Waals surface area contributed by atoms with E-state index in [4.69, 9.17) is 46.3 Å². The second-order valence-corrected chi connectivity index (χ2v) is 7.67. The average molecular weight is 306 g/mol. The molecule has 0 bridgehead atoms. The lowest BCUT2D eigenvalue weighted by Crippen LogP contribution is -2.10. The molecule has 10 heteroatoms. The fraction of sp³-hybridized carbons (Fsp3) is 0.167. The summed E-state index contributed by atoms with van der Waals surface area (Å²) in [7, 11) is -4.50. The van der Waals surface area contributed by atoms with Crippen LogP contribution in [0.15, 0.2) is 12.1 Å². The van der Waals surface area contributed by atoms with E-state index in [0.29, 0.717) is 0 Å². The second kappa shape index (κ2) is 4.47. The number of anilines is 2. The Morgan fingerprint density at radius 3 is 2.38 bits per heavy atom. The number of alkyl halides is 3. The normalized spacial score (nSPS) is 15.5. The van der Waals surface area contributed by atoms with E-state index in [0.717, 1.165) is 0 Å². The molecule has 1 rings (SSSR count). The third-order valence-corrected chi connectivity index (χ3v) is 4.46. The number of nitrogens with zero attached hydrogens (tertiary/aromatic N) is 1. The third kappa shape index (κ3) is 3.06. The monoisotopic (exact) mass is 305 g/mol. The quantitative estimate of drug-likeness (QED) is 0.570. The second-order valence-electron chi connectivity index (χ2n) is 2.70. The highest BCUT2D eigenvalue weighted by molar-refractivity contribution is 7.62. The zero-order chi connectivity index (χ0) is 12.6. The van der Waals surface area contributed by atoms with Crippen LogP contribution in [0.25, 0.3) is 0 Å². The first-order chi connectivity index (χ1) is 7.13. The lowest BCUT2D eigenvalue weighted by Gasteiger charge is -2.19. The van der Waals surface area contributed by atoms with E-state index in [9.17, 15) is 9.46 Å². The molecule has 0 saturated heterocycles. The fourth-order valence-electron chi connectivity index (χ4n) is 0.740. The number of pyridine rings is 1. The molecule has 0 aromatic carbocycles. The summed E-state index contributed by atoms with van der Waals surface area (Å²) in [5.74, 6) is -0.235. The Kier molecular flexibility index (Phi) is 3.82. The van der Waals surface area contributed by atoms with Crippen molar-refractivity contribution < 1.29 is 14.0 Å². The van der Waals surface area contributed by atoms with Crippen molar-refractivity contribution in [2.45, 2.75) is 3.53 Å². The highest BCUT2D eigenvalue weighted by Crippen LogP contribution is 2.62. The maximum atomic E-state index is 11.5. The van der Waals surface area contributed by atoms with Crippen LogP contribution in [0.4, 0.5) is 11.6 Å². The summed E-state index contributed by atoms with van der Waals surface area (Å²) in [5, 5.41) is 0. The first-order valence-corrected chi connectivity index (χ1v) is 6.46. The zero-order valence-electron chi connectivity index (χ0n) is 7.60. The standard InChI is InChI=1S/C6H7Cl3N3O3P/c7-6(8,9)16(13,14)15-3-1-2-4(10)12-5(3)11/h1-2H,(H,13,14)(H4,10,11,12). The van der Waals surface area contributed by atoms with Gasteiger partial charge in [0.25, 0.3) is 0 Å². The number of rotatable bonds is 2. The van der Waals surface area contributed by atoms with Gasteiger partial charge in [-0.05, 0) is 12.1 Å². The van der Waals surface area contributed by atoms with Gasteiger partial charge in [-0.3, -0.25) is 0 Å². The van der Waals surface area contributed by atoms with Crippen molar-refractivity contribution in [3.63, 3.8) is 0 Å². The number of halogens is 3. The minimum Gasteiger partial charge on any atom is -0.418 e. The van der Waals surface area contributed by atoms with Crippen molar-refractivity contribution in [2.75, 3.05) is 11.5 Å². The molecule has 1 unspecified atom stereocenters. The summed E-state index contributed by atoms with van der Waals surface area (Å²) in [6, 6.07) is 2.57. The molecule has 5 N–H and O–H groups in total. The van der Waals surface area contributed by atoms with Gasteiger partial charge in [-0.2, -0.15) is 0 Å². The van der Waals surface area contributed by atoms with Gasteiger partial charge in [0.15, 0.2) is 11.6 Å². The van der Waals surface area contributed by atoms with Crippen LogP contribution in [0.2, 0.25) is 0 Å². The molecule has 0 aliphatic heterocycles. The molecule has 1 aromatic heterocycles. The smallest absolute Gasteiger partial charge is 0.418 e. The van der Waals surface area contributed by atoms with Gasteiger partial charge in [0, 0.05) is 0 Å². The number of hydrogen-bond donors (Lipinski definition) is 3. The van der Waals surface area contributed by atoms with Crippen LogP contribution in [0.5, 0.6) is 5.75 Å². The molecule has 0 fully saturated rings. The third-order valence-electron chi connectivity index (χ3n) is 1.45. The average Bonchev–Trinajstić information content (AvgIpc) is 2.08. The predicted octanol–water partition coefficient (Wildman–Crippen LogP) is 2.14. The summed E-state index contributed by atoms with van der Waals surface area (Å²) in [4.78, 5) is 12.9. The fourth-order valence-corrected chi connectivity index (χ4v) is 1.58. The maximum Gasteiger partial charge on any atom is 0.428 e. The van der Waals surface area contributed by atoms with E-state index in [1.165, 1.54) is 12.1 Å². The summed E-state index contributed by atoms with van der Waals surface area (Å²) < 4.78 is 13.6. The van der Waals surface area contributed by atoms with Gasteiger partial charge in [0.05, 0.1) is 0 Å². The minimum absolute atomic E-state index is 0.131. The van der Waals surface area contributed by atoms with Gasteiger partial charge in [-0.15, -0.1) is 0 Å². The van der Waals surface area contributed by atoms with E-state index in [-0.39, 0.29) is 17.4 Å². The van der Waals surface area contributed by atoms with Crippen LogP contribution in [-0.4, -0.2) is 13.4 Å². The van der Waals surface area contributed by atoms with E-state index < -0.39 is 11.1 Å². The van der Waals surface area contributed by atoms with Crippen molar-refractivity contribution in [3.05, 3.63) is 12.1 Å². The van der Waals surface area contributed by atoms with Gasteiger partial charge in [-0.1, -0.05) is 34.8 Å². The summed E-state index contributed by atoms with van der Waals surface area (Å²) in [5.41, 5.74) is 10.7. The van der Waals surface area contributed by atoms with Gasteiger partial charge in [0.2, 0.25) is 0 Å². The van der Waals surface area contributed by atoms with Crippen LogP contribution in [0.3, 0.4) is 0 Å². The SMILES string of the molecule is Nc1ccc(OP(=O)(O)C(Cl)(Cl)Cl)c(N)n1. The molecular weight excluding hydrogens is 299 g/mol. The van der Waals surface area contributed by atoms with Crippen molar-refractivity contribution in [1.29, 1.82) is 0 Å². The van der Waals surface area contributed by atoms with Crippen molar-refractivity contribution in [2.24, 2.45) is 0 Å². The van der Waals surface area contributed by atoms with E-state index in [2.05, 4.69) is 9.51 Å². The zero-order valence-corrected chi connectivity index (χ0v) is 10.8. The van der Waals surface area contributed by atoms with Crippen LogP contribution in [-0.2, 0) is 4.57 Å². The maximum absolute atomic E-state index is 11.5. The highest BCUT2D eigenvalue weighted by atomic mass is 35.6. The van der Waals surface area contributed by atoms with E-state index in [1.54, 1.807) is 0 Å². The number of hydrogen-bond acceptors (Lipinski definition) is 5. The Labute approximate surface area is 106 Å². The lowest BCUT2D eigenvalue weighted by atomic mass is 10.4. The predicted molar refractivity (Wildman–Crippen MR) is 63.8 cm³/mol. The van der Waals surface area contributed by atoms with Crippen molar-refractivity contribution >= 4 is 54.0 Å². The number of aromatic nitrogens is 1. The van der Waals surface area contributed by atoms with Crippen LogP contribution < -0.4 is 16.0 Å². The molecule has 0 spiro atoms. The van der Waals surface area contributed by atoms with Crippen molar-refractivity contribution in [1.82, 2.24) is 4.98 Å². The highest BCUT2D eigenvalue weighted by Gasteiger charge is 2.46. The van der Waals surface area contributed by atoms with Gasteiger partial charge >= 0.3 is 11.1 Å². The van der Waals surface area contributed by atoms with Crippen LogP contribution in [0, 0.1) is 0 Å². The molecule has 1 heterocycles. The van der Waals surface area contributed by atoms with E-state index in [1.807, 2.05) is 0 Å². The molecule has 0 radical (unpaired) electrons. The lowest BCUT2D eigenvalue weighted by molar-refractivity contribution is 0.380. The minimum atomic E-state index is -4.50. The molecule has 1 aromatic rings.